The molecule has 4 fully saturated rings. The molecule has 0 amide bonds. The molecule has 188 valence electrons. The minimum absolute atomic E-state index is 0.0419. The van der Waals surface area contributed by atoms with Crippen molar-refractivity contribution >= 4 is 6.29 Å². The Labute approximate surface area is 205 Å². The molecule has 4 heteroatoms. The average molecular weight is 469 g/mol. The lowest BCUT2D eigenvalue weighted by molar-refractivity contribution is -0.179. The van der Waals surface area contributed by atoms with Gasteiger partial charge in [0.1, 0.15) is 12.0 Å². The summed E-state index contributed by atoms with van der Waals surface area (Å²) >= 11 is 0. The second-order valence-electron chi connectivity index (χ2n) is 12.8. The van der Waals surface area contributed by atoms with Crippen LogP contribution in [0.2, 0.25) is 0 Å². The SMILES string of the molecule is COC[C@]12CC[C@@](C)(O)C[C@@H]1CC[C@@H]1[C@@H]2CC[C@@]2(C)[C@H]1CC[C@@]2(C=O)Cc1cccc(OC)c1. The van der Waals surface area contributed by atoms with Crippen molar-refractivity contribution < 1.29 is 19.4 Å². The maximum absolute atomic E-state index is 12.9. The molecule has 4 aliphatic carbocycles. The molecule has 5 rings (SSSR count). The highest BCUT2D eigenvalue weighted by Gasteiger charge is 2.66. The highest BCUT2D eigenvalue weighted by molar-refractivity contribution is 5.63. The molecule has 1 N–H and O–H groups in total. The number of rotatable bonds is 6. The number of hydrogen-bond donors (Lipinski definition) is 1. The molecule has 4 nitrogen and oxygen atoms in total. The molecule has 0 unspecified atom stereocenters. The van der Waals surface area contributed by atoms with E-state index in [-0.39, 0.29) is 16.2 Å². The zero-order chi connectivity index (χ0) is 24.2. The number of carbonyl (C=O) groups excluding carboxylic acids is 1. The van der Waals surface area contributed by atoms with Crippen molar-refractivity contribution in [2.45, 2.75) is 83.7 Å². The second kappa shape index (κ2) is 8.62. The van der Waals surface area contributed by atoms with E-state index in [1.165, 1.54) is 31.1 Å². The maximum Gasteiger partial charge on any atom is 0.127 e. The third kappa shape index (κ3) is 3.58. The van der Waals surface area contributed by atoms with Gasteiger partial charge in [-0.1, -0.05) is 19.1 Å². The fourth-order valence-corrected chi connectivity index (χ4v) is 9.62. The van der Waals surface area contributed by atoms with Crippen LogP contribution in [0.15, 0.2) is 24.3 Å². The lowest BCUT2D eigenvalue weighted by Gasteiger charge is -2.63. The number of methoxy groups -OCH3 is 2. The summed E-state index contributed by atoms with van der Waals surface area (Å²) in [5, 5.41) is 10.9. The Morgan fingerprint density at radius 2 is 1.82 bits per heavy atom. The van der Waals surface area contributed by atoms with Gasteiger partial charge >= 0.3 is 0 Å². The Balaban J connectivity index is 1.45. The van der Waals surface area contributed by atoms with Gasteiger partial charge in [-0.15, -0.1) is 0 Å². The van der Waals surface area contributed by atoms with Crippen LogP contribution in [0.5, 0.6) is 5.75 Å². The van der Waals surface area contributed by atoms with Crippen molar-refractivity contribution in [3.63, 3.8) is 0 Å². The molecule has 0 saturated heterocycles. The lowest BCUT2D eigenvalue weighted by Crippen LogP contribution is -2.59. The molecule has 8 atom stereocenters. The van der Waals surface area contributed by atoms with Crippen LogP contribution in [-0.2, 0) is 16.0 Å². The first-order chi connectivity index (χ1) is 16.2. The molecule has 4 saturated carbocycles. The first-order valence-electron chi connectivity index (χ1n) is 13.5. The van der Waals surface area contributed by atoms with Crippen LogP contribution in [0.25, 0.3) is 0 Å². The Morgan fingerprint density at radius 3 is 2.56 bits per heavy atom. The highest BCUT2D eigenvalue weighted by Crippen LogP contribution is 2.71. The lowest BCUT2D eigenvalue weighted by atomic mass is 9.42. The fourth-order valence-electron chi connectivity index (χ4n) is 9.62. The summed E-state index contributed by atoms with van der Waals surface area (Å²) < 4.78 is 11.4. The molecular weight excluding hydrogens is 424 g/mol. The monoisotopic (exact) mass is 468 g/mol. The summed E-state index contributed by atoms with van der Waals surface area (Å²) in [6.45, 7) is 5.29. The maximum atomic E-state index is 12.9. The minimum Gasteiger partial charge on any atom is -0.497 e. The summed E-state index contributed by atoms with van der Waals surface area (Å²) in [5.74, 6) is 3.34. The number of aliphatic hydroxyl groups is 1. The molecular formula is C30H44O4. The molecule has 0 aliphatic heterocycles. The summed E-state index contributed by atoms with van der Waals surface area (Å²) in [4.78, 5) is 12.9. The van der Waals surface area contributed by atoms with E-state index in [0.717, 1.165) is 57.3 Å². The summed E-state index contributed by atoms with van der Waals surface area (Å²) in [6, 6.07) is 8.30. The zero-order valence-corrected chi connectivity index (χ0v) is 21.6. The van der Waals surface area contributed by atoms with Gasteiger partial charge in [-0.3, -0.25) is 0 Å². The van der Waals surface area contributed by atoms with E-state index in [9.17, 15) is 9.90 Å². The van der Waals surface area contributed by atoms with Gasteiger partial charge in [0.15, 0.2) is 0 Å². The topological polar surface area (TPSA) is 55.8 Å². The van der Waals surface area contributed by atoms with Crippen molar-refractivity contribution in [3.05, 3.63) is 29.8 Å². The first-order valence-corrected chi connectivity index (χ1v) is 13.5. The Morgan fingerprint density at radius 1 is 1.03 bits per heavy atom. The van der Waals surface area contributed by atoms with Crippen molar-refractivity contribution in [2.75, 3.05) is 20.8 Å². The van der Waals surface area contributed by atoms with Crippen LogP contribution >= 0.6 is 0 Å². The zero-order valence-electron chi connectivity index (χ0n) is 21.6. The Bertz CT molecular complexity index is 911. The van der Waals surface area contributed by atoms with E-state index in [0.29, 0.717) is 23.7 Å². The van der Waals surface area contributed by atoms with Gasteiger partial charge in [-0.25, -0.2) is 0 Å². The third-order valence-electron chi connectivity index (χ3n) is 11.4. The molecule has 34 heavy (non-hydrogen) atoms. The molecule has 0 bridgehead atoms. The number of hydrogen-bond acceptors (Lipinski definition) is 4. The van der Waals surface area contributed by atoms with Crippen molar-refractivity contribution in [2.24, 2.45) is 39.9 Å². The predicted octanol–water partition coefficient (Wildman–Crippen LogP) is 5.84. The van der Waals surface area contributed by atoms with Gasteiger partial charge in [0, 0.05) is 12.5 Å². The van der Waals surface area contributed by atoms with Crippen LogP contribution in [0.4, 0.5) is 0 Å². The standard InChI is InChI=1S/C30H44O4/c1-27(32)14-15-30(20-33-3)22(18-27)8-9-24-25-11-13-29(19-31,28(25,2)12-10-26(24)30)17-21-6-5-7-23(16-21)34-4/h5-7,16,19,22,24-26,32H,8-15,17-18,20H2,1-4H3/t22-,24-,25-,26-,27+,28-,29-,30+/m0/s1. The fraction of sp³-hybridized carbons (Fsp3) is 0.767. The van der Waals surface area contributed by atoms with Crippen molar-refractivity contribution in [1.29, 1.82) is 0 Å². The van der Waals surface area contributed by atoms with E-state index in [1.807, 2.05) is 26.2 Å². The molecule has 4 aliphatic rings. The van der Waals surface area contributed by atoms with Crippen LogP contribution in [0.3, 0.4) is 0 Å². The normalized spacial score (nSPS) is 45.7. The Kier molecular flexibility index (Phi) is 6.16. The largest absolute Gasteiger partial charge is 0.497 e. The molecule has 1 aromatic rings. The van der Waals surface area contributed by atoms with Crippen LogP contribution < -0.4 is 4.74 Å². The number of aldehydes is 1. The van der Waals surface area contributed by atoms with Gasteiger partial charge in [-0.05, 0) is 123 Å². The van der Waals surface area contributed by atoms with E-state index in [4.69, 9.17) is 9.47 Å². The summed E-state index contributed by atoms with van der Waals surface area (Å²) in [7, 11) is 3.57. The summed E-state index contributed by atoms with van der Waals surface area (Å²) in [6.07, 6.45) is 11.9. The smallest absolute Gasteiger partial charge is 0.127 e. The summed E-state index contributed by atoms with van der Waals surface area (Å²) in [5.41, 5.74) is 0.621. The second-order valence-corrected chi connectivity index (χ2v) is 12.8. The highest BCUT2D eigenvalue weighted by atomic mass is 16.5. The molecule has 0 radical (unpaired) electrons. The number of ether oxygens (including phenoxy) is 2. The van der Waals surface area contributed by atoms with Gasteiger partial charge in [-0.2, -0.15) is 0 Å². The van der Waals surface area contributed by atoms with Gasteiger partial charge < -0.3 is 19.4 Å². The molecule has 0 heterocycles. The van der Waals surface area contributed by atoms with Crippen LogP contribution in [0.1, 0.15) is 77.2 Å². The van der Waals surface area contributed by atoms with Gasteiger partial charge in [0.25, 0.3) is 0 Å². The van der Waals surface area contributed by atoms with Gasteiger partial charge in [0.05, 0.1) is 19.3 Å². The van der Waals surface area contributed by atoms with Crippen LogP contribution in [0, 0.1) is 39.9 Å². The molecule has 1 aromatic carbocycles. The average Bonchev–Trinajstić information content (AvgIpc) is 3.11. The van der Waals surface area contributed by atoms with Gasteiger partial charge in [0.2, 0.25) is 0 Å². The van der Waals surface area contributed by atoms with E-state index in [1.54, 1.807) is 7.11 Å². The predicted molar refractivity (Wildman–Crippen MR) is 134 cm³/mol. The number of benzene rings is 1. The first kappa shape index (κ1) is 24.3. The quantitative estimate of drug-likeness (QED) is 0.533. The minimum atomic E-state index is -0.533. The van der Waals surface area contributed by atoms with E-state index < -0.39 is 5.60 Å². The van der Waals surface area contributed by atoms with Crippen molar-refractivity contribution in [3.8, 4) is 5.75 Å². The number of carbonyl (C=O) groups is 1. The number of fused-ring (bicyclic) bond motifs is 5. The van der Waals surface area contributed by atoms with Crippen molar-refractivity contribution in [1.82, 2.24) is 0 Å². The third-order valence-corrected chi connectivity index (χ3v) is 11.4. The molecule has 0 spiro atoms. The Hall–Kier alpha value is -1.39. The van der Waals surface area contributed by atoms with E-state index >= 15 is 0 Å². The van der Waals surface area contributed by atoms with Crippen LogP contribution in [-0.4, -0.2) is 37.8 Å². The molecule has 0 aromatic heterocycles. The van der Waals surface area contributed by atoms with E-state index in [2.05, 4.69) is 19.1 Å².